The lowest BCUT2D eigenvalue weighted by Crippen LogP contribution is -2.22. The van der Waals surface area contributed by atoms with Crippen molar-refractivity contribution in [1.82, 2.24) is 15.1 Å². The molecule has 0 aliphatic carbocycles. The molecule has 1 N–H and O–H groups in total. The minimum Gasteiger partial charge on any atom is -0.310 e. The van der Waals surface area contributed by atoms with Gasteiger partial charge >= 0.3 is 0 Å². The molecule has 0 bridgehead atoms. The van der Waals surface area contributed by atoms with Crippen molar-refractivity contribution in [3.63, 3.8) is 0 Å². The number of hydrogen-bond donors (Lipinski definition) is 1. The van der Waals surface area contributed by atoms with E-state index in [1.165, 1.54) is 11.8 Å². The Labute approximate surface area is 113 Å². The summed E-state index contributed by atoms with van der Waals surface area (Å²) in [6.45, 7) is 2.86. The maximum absolute atomic E-state index is 13.9. The Hall–Kier alpha value is -1.68. The van der Waals surface area contributed by atoms with Crippen molar-refractivity contribution < 1.29 is 4.39 Å². The van der Waals surface area contributed by atoms with Crippen LogP contribution in [0.5, 0.6) is 0 Å². The van der Waals surface area contributed by atoms with E-state index in [1.54, 1.807) is 12.3 Å². The Bertz CT molecular complexity index is 522. The molecule has 0 aliphatic heterocycles. The fourth-order valence-electron chi connectivity index (χ4n) is 2.31. The van der Waals surface area contributed by atoms with Crippen LogP contribution in [0.15, 0.2) is 36.5 Å². The molecule has 0 fully saturated rings. The summed E-state index contributed by atoms with van der Waals surface area (Å²) < 4.78 is 15.7. The third-order valence-corrected chi connectivity index (χ3v) is 3.34. The lowest BCUT2D eigenvalue weighted by Gasteiger charge is -2.19. The molecular formula is C15H20FN3. The van der Waals surface area contributed by atoms with E-state index in [-0.39, 0.29) is 11.9 Å². The third-order valence-electron chi connectivity index (χ3n) is 3.34. The fourth-order valence-corrected chi connectivity index (χ4v) is 2.31. The van der Waals surface area contributed by atoms with Crippen LogP contribution < -0.4 is 5.32 Å². The Kier molecular flexibility index (Phi) is 4.68. The van der Waals surface area contributed by atoms with Crippen molar-refractivity contribution in [3.05, 3.63) is 53.6 Å². The second kappa shape index (κ2) is 6.48. The molecule has 19 heavy (non-hydrogen) atoms. The molecular weight excluding hydrogens is 241 g/mol. The van der Waals surface area contributed by atoms with E-state index in [0.717, 1.165) is 24.9 Å². The predicted octanol–water partition coefficient (Wildman–Crippen LogP) is 2.84. The van der Waals surface area contributed by atoms with E-state index < -0.39 is 0 Å². The average Bonchev–Trinajstić information content (AvgIpc) is 2.81. The molecule has 0 amide bonds. The number of aryl methyl sites for hydroxylation is 2. The molecule has 1 heterocycles. The van der Waals surface area contributed by atoms with Crippen LogP contribution in [0, 0.1) is 5.82 Å². The van der Waals surface area contributed by atoms with Gasteiger partial charge < -0.3 is 5.32 Å². The summed E-state index contributed by atoms with van der Waals surface area (Å²) in [6, 6.07) is 9.02. The topological polar surface area (TPSA) is 29.9 Å². The highest BCUT2D eigenvalue weighted by Crippen LogP contribution is 2.21. The molecule has 4 heteroatoms. The van der Waals surface area contributed by atoms with E-state index in [2.05, 4.69) is 10.4 Å². The van der Waals surface area contributed by atoms with Gasteiger partial charge in [0.25, 0.3) is 0 Å². The van der Waals surface area contributed by atoms with Crippen LogP contribution in [0.1, 0.15) is 30.6 Å². The van der Waals surface area contributed by atoms with Crippen LogP contribution in [0.3, 0.4) is 0 Å². The minimum atomic E-state index is -0.140. The van der Waals surface area contributed by atoms with Crippen LogP contribution in [-0.4, -0.2) is 16.3 Å². The number of benzene rings is 1. The molecule has 0 radical (unpaired) electrons. The molecule has 2 aromatic rings. The Morgan fingerprint density at radius 1 is 1.32 bits per heavy atom. The zero-order valence-corrected chi connectivity index (χ0v) is 11.4. The Morgan fingerprint density at radius 3 is 2.74 bits per heavy atom. The van der Waals surface area contributed by atoms with Gasteiger partial charge in [0.2, 0.25) is 0 Å². The zero-order chi connectivity index (χ0) is 13.7. The maximum atomic E-state index is 13.9. The predicted molar refractivity (Wildman–Crippen MR) is 74.3 cm³/mol. The molecule has 0 spiro atoms. The molecule has 1 atom stereocenters. The van der Waals surface area contributed by atoms with Crippen molar-refractivity contribution >= 4 is 0 Å². The highest BCUT2D eigenvalue weighted by molar-refractivity contribution is 5.21. The van der Waals surface area contributed by atoms with Crippen LogP contribution in [0.2, 0.25) is 0 Å². The summed E-state index contributed by atoms with van der Waals surface area (Å²) in [4.78, 5) is 0. The summed E-state index contributed by atoms with van der Waals surface area (Å²) in [5, 5.41) is 7.50. The molecule has 0 saturated heterocycles. The highest BCUT2D eigenvalue weighted by atomic mass is 19.1. The lowest BCUT2D eigenvalue weighted by molar-refractivity contribution is 0.479. The van der Waals surface area contributed by atoms with Gasteiger partial charge in [0.15, 0.2) is 0 Å². The Balaban J connectivity index is 2.09. The number of halogens is 1. The molecule has 0 saturated carbocycles. The monoisotopic (exact) mass is 261 g/mol. The first-order valence-electron chi connectivity index (χ1n) is 6.67. The van der Waals surface area contributed by atoms with Crippen molar-refractivity contribution in [3.8, 4) is 0 Å². The van der Waals surface area contributed by atoms with Gasteiger partial charge in [0, 0.05) is 30.5 Å². The number of nitrogens with one attached hydrogen (secondary N) is 1. The van der Waals surface area contributed by atoms with Crippen molar-refractivity contribution in [2.45, 2.75) is 25.8 Å². The number of hydrogen-bond acceptors (Lipinski definition) is 2. The van der Waals surface area contributed by atoms with Crippen LogP contribution >= 0.6 is 0 Å². The van der Waals surface area contributed by atoms with Crippen LogP contribution in [0.4, 0.5) is 4.39 Å². The van der Waals surface area contributed by atoms with E-state index in [1.807, 2.05) is 36.9 Å². The standard InChI is InChI=1S/C15H20FN3/c1-3-17-15(13-6-4-5-7-14(13)16)9-8-12-10-11-18-19(12)2/h4-7,10-11,15,17H,3,8-9H2,1-2H3. The largest absolute Gasteiger partial charge is 0.310 e. The SMILES string of the molecule is CCNC(CCc1ccnn1C)c1ccccc1F. The maximum Gasteiger partial charge on any atom is 0.127 e. The summed E-state index contributed by atoms with van der Waals surface area (Å²) in [5.74, 6) is -0.140. The van der Waals surface area contributed by atoms with Gasteiger partial charge in [-0.2, -0.15) is 5.10 Å². The number of nitrogens with zero attached hydrogens (tertiary/aromatic N) is 2. The van der Waals surface area contributed by atoms with Gasteiger partial charge in [-0.25, -0.2) is 4.39 Å². The second-order valence-corrected chi connectivity index (χ2v) is 4.62. The first kappa shape index (κ1) is 13.7. The van der Waals surface area contributed by atoms with Gasteiger partial charge in [0.05, 0.1) is 0 Å². The molecule has 102 valence electrons. The molecule has 2 rings (SSSR count). The number of rotatable bonds is 6. The van der Waals surface area contributed by atoms with E-state index in [9.17, 15) is 4.39 Å². The first-order chi connectivity index (χ1) is 9.22. The highest BCUT2D eigenvalue weighted by Gasteiger charge is 2.14. The smallest absolute Gasteiger partial charge is 0.127 e. The van der Waals surface area contributed by atoms with Gasteiger partial charge in [-0.1, -0.05) is 25.1 Å². The van der Waals surface area contributed by atoms with Gasteiger partial charge in [-0.15, -0.1) is 0 Å². The van der Waals surface area contributed by atoms with Crippen molar-refractivity contribution in [2.75, 3.05) is 6.54 Å². The Morgan fingerprint density at radius 2 is 2.11 bits per heavy atom. The average molecular weight is 261 g/mol. The second-order valence-electron chi connectivity index (χ2n) is 4.62. The molecule has 1 aromatic heterocycles. The fraction of sp³-hybridized carbons (Fsp3) is 0.400. The van der Waals surface area contributed by atoms with Crippen LogP contribution in [-0.2, 0) is 13.5 Å². The summed E-state index contributed by atoms with van der Waals surface area (Å²) in [6.07, 6.45) is 3.53. The van der Waals surface area contributed by atoms with Gasteiger partial charge in [-0.05, 0) is 31.5 Å². The lowest BCUT2D eigenvalue weighted by atomic mass is 10.0. The van der Waals surface area contributed by atoms with Crippen molar-refractivity contribution in [1.29, 1.82) is 0 Å². The summed E-state index contributed by atoms with van der Waals surface area (Å²) in [5.41, 5.74) is 1.91. The number of aromatic nitrogens is 2. The molecule has 0 aliphatic rings. The zero-order valence-electron chi connectivity index (χ0n) is 11.4. The van der Waals surface area contributed by atoms with Crippen LogP contribution in [0.25, 0.3) is 0 Å². The quantitative estimate of drug-likeness (QED) is 0.866. The van der Waals surface area contributed by atoms with E-state index >= 15 is 0 Å². The minimum absolute atomic E-state index is 0.0427. The third kappa shape index (κ3) is 3.41. The molecule has 3 nitrogen and oxygen atoms in total. The normalized spacial score (nSPS) is 12.6. The van der Waals surface area contributed by atoms with Crippen molar-refractivity contribution in [2.24, 2.45) is 7.05 Å². The molecule has 1 unspecified atom stereocenters. The van der Waals surface area contributed by atoms with E-state index in [4.69, 9.17) is 0 Å². The molecule has 1 aromatic carbocycles. The first-order valence-corrected chi connectivity index (χ1v) is 6.67. The summed E-state index contributed by atoms with van der Waals surface area (Å²) >= 11 is 0. The van der Waals surface area contributed by atoms with E-state index in [0.29, 0.717) is 0 Å². The van der Waals surface area contributed by atoms with Gasteiger partial charge in [0.1, 0.15) is 5.82 Å². The summed E-state index contributed by atoms with van der Waals surface area (Å²) in [7, 11) is 1.93. The van der Waals surface area contributed by atoms with Gasteiger partial charge in [-0.3, -0.25) is 4.68 Å².